The van der Waals surface area contributed by atoms with Gasteiger partial charge in [-0.2, -0.15) is 4.98 Å². The van der Waals surface area contributed by atoms with Gasteiger partial charge < -0.3 is 25.8 Å². The molecule has 1 saturated heterocycles. The number of hydrogen-bond donors (Lipinski definition) is 4. The first-order chi connectivity index (χ1) is 10.8. The molecule has 0 bridgehead atoms. The van der Waals surface area contributed by atoms with Crippen molar-refractivity contribution in [2.75, 3.05) is 12.3 Å². The van der Waals surface area contributed by atoms with Crippen molar-refractivity contribution in [3.05, 3.63) is 22.2 Å². The second-order valence-electron chi connectivity index (χ2n) is 5.66. The lowest BCUT2D eigenvalue weighted by atomic mass is 9.84. The number of anilines is 1. The van der Waals surface area contributed by atoms with Crippen LogP contribution in [0.4, 0.5) is 5.82 Å². The van der Waals surface area contributed by atoms with Gasteiger partial charge in [-0.1, -0.05) is 5.92 Å². The van der Waals surface area contributed by atoms with Crippen LogP contribution in [0.15, 0.2) is 10.9 Å². The SMILES string of the molecule is CC#CC1(O)C(CO)[C@@H]([C@@H](C)O)O[C@H]1n1c(C)cc(N)nc1=O. The van der Waals surface area contributed by atoms with E-state index in [1.807, 2.05) is 0 Å². The number of rotatable bonds is 3. The minimum absolute atomic E-state index is 0.0534. The molecular formula is C15H21N3O5. The predicted molar refractivity (Wildman–Crippen MR) is 82.2 cm³/mol. The number of aliphatic hydroxyl groups excluding tert-OH is 2. The van der Waals surface area contributed by atoms with Crippen LogP contribution in [0, 0.1) is 24.7 Å². The molecular weight excluding hydrogens is 302 g/mol. The smallest absolute Gasteiger partial charge is 0.351 e. The van der Waals surface area contributed by atoms with Gasteiger partial charge in [-0.25, -0.2) is 4.79 Å². The van der Waals surface area contributed by atoms with Gasteiger partial charge >= 0.3 is 5.69 Å². The van der Waals surface area contributed by atoms with Crippen LogP contribution in [-0.4, -0.2) is 49.3 Å². The first-order valence-corrected chi connectivity index (χ1v) is 7.22. The molecule has 0 aliphatic carbocycles. The number of nitrogen functional groups attached to an aromatic ring is 1. The highest BCUT2D eigenvalue weighted by Crippen LogP contribution is 2.43. The van der Waals surface area contributed by atoms with Gasteiger partial charge in [0, 0.05) is 5.69 Å². The molecule has 2 unspecified atom stereocenters. The fourth-order valence-electron chi connectivity index (χ4n) is 3.00. The second kappa shape index (κ2) is 6.29. The number of aromatic nitrogens is 2. The zero-order valence-corrected chi connectivity index (χ0v) is 13.2. The highest BCUT2D eigenvalue weighted by atomic mass is 16.6. The molecule has 2 rings (SSSR count). The fraction of sp³-hybridized carbons (Fsp3) is 0.600. The molecule has 126 valence electrons. The summed E-state index contributed by atoms with van der Waals surface area (Å²) in [6, 6.07) is 1.47. The van der Waals surface area contributed by atoms with Crippen molar-refractivity contribution in [2.45, 2.75) is 44.8 Å². The summed E-state index contributed by atoms with van der Waals surface area (Å²) in [4.78, 5) is 15.9. The summed E-state index contributed by atoms with van der Waals surface area (Å²) in [5.74, 6) is 4.37. The zero-order valence-electron chi connectivity index (χ0n) is 13.2. The number of nitrogens with two attached hydrogens (primary N) is 1. The third-order valence-electron chi connectivity index (χ3n) is 4.02. The van der Waals surface area contributed by atoms with Crippen LogP contribution >= 0.6 is 0 Å². The molecule has 0 aromatic carbocycles. The molecule has 1 aromatic heterocycles. The van der Waals surface area contributed by atoms with Crippen molar-refractivity contribution in [3.8, 4) is 11.8 Å². The van der Waals surface area contributed by atoms with E-state index >= 15 is 0 Å². The lowest BCUT2D eigenvalue weighted by molar-refractivity contribution is -0.0891. The number of aliphatic hydroxyl groups is 3. The fourth-order valence-corrected chi connectivity index (χ4v) is 3.00. The average Bonchev–Trinajstić information content (AvgIpc) is 2.71. The number of hydrogen-bond acceptors (Lipinski definition) is 7. The first-order valence-electron chi connectivity index (χ1n) is 7.22. The Morgan fingerprint density at radius 1 is 1.61 bits per heavy atom. The molecule has 0 saturated carbocycles. The molecule has 0 radical (unpaired) electrons. The molecule has 0 spiro atoms. The molecule has 8 nitrogen and oxygen atoms in total. The summed E-state index contributed by atoms with van der Waals surface area (Å²) in [7, 11) is 0. The van der Waals surface area contributed by atoms with Crippen LogP contribution in [0.1, 0.15) is 25.8 Å². The van der Waals surface area contributed by atoms with Gasteiger partial charge in [0.1, 0.15) is 5.82 Å². The summed E-state index contributed by atoms with van der Waals surface area (Å²) in [5, 5.41) is 30.5. The van der Waals surface area contributed by atoms with Crippen LogP contribution in [-0.2, 0) is 4.74 Å². The number of aryl methyl sites for hydroxylation is 1. The summed E-state index contributed by atoms with van der Waals surface area (Å²) in [5.41, 5.74) is 3.42. The maximum atomic E-state index is 12.2. The van der Waals surface area contributed by atoms with Gasteiger partial charge in [0.05, 0.1) is 24.7 Å². The van der Waals surface area contributed by atoms with E-state index in [0.717, 1.165) is 4.57 Å². The van der Waals surface area contributed by atoms with Gasteiger partial charge in [-0.3, -0.25) is 4.57 Å². The molecule has 1 aliphatic rings. The first kappa shape index (κ1) is 17.4. The Hall–Kier alpha value is -1.92. The van der Waals surface area contributed by atoms with Gasteiger partial charge in [0.15, 0.2) is 11.8 Å². The van der Waals surface area contributed by atoms with E-state index in [2.05, 4.69) is 16.8 Å². The topological polar surface area (TPSA) is 131 Å². The van der Waals surface area contributed by atoms with E-state index in [0.29, 0.717) is 5.69 Å². The van der Waals surface area contributed by atoms with E-state index in [1.54, 1.807) is 6.92 Å². The predicted octanol–water partition coefficient (Wildman–Crippen LogP) is -1.22. The normalized spacial score (nSPS) is 31.5. The molecule has 1 aromatic rings. The van der Waals surface area contributed by atoms with E-state index in [-0.39, 0.29) is 5.82 Å². The van der Waals surface area contributed by atoms with E-state index in [9.17, 15) is 20.1 Å². The Kier molecular flexibility index (Phi) is 4.77. The zero-order chi connectivity index (χ0) is 17.4. The lowest BCUT2D eigenvalue weighted by Crippen LogP contribution is -2.47. The highest BCUT2D eigenvalue weighted by molar-refractivity contribution is 5.30. The second-order valence-corrected chi connectivity index (χ2v) is 5.66. The van der Waals surface area contributed by atoms with E-state index in [4.69, 9.17) is 10.5 Å². The molecule has 5 N–H and O–H groups in total. The van der Waals surface area contributed by atoms with Crippen molar-refractivity contribution in [2.24, 2.45) is 5.92 Å². The minimum atomic E-state index is -1.85. The van der Waals surface area contributed by atoms with Crippen molar-refractivity contribution < 1.29 is 20.1 Å². The highest BCUT2D eigenvalue weighted by Gasteiger charge is 2.57. The van der Waals surface area contributed by atoms with Gasteiger partial charge in [0.2, 0.25) is 0 Å². The van der Waals surface area contributed by atoms with Crippen LogP contribution in [0.3, 0.4) is 0 Å². The van der Waals surface area contributed by atoms with E-state index < -0.39 is 42.3 Å². The monoisotopic (exact) mass is 323 g/mol. The van der Waals surface area contributed by atoms with Gasteiger partial charge in [0.25, 0.3) is 0 Å². The van der Waals surface area contributed by atoms with E-state index in [1.165, 1.54) is 19.9 Å². The summed E-state index contributed by atoms with van der Waals surface area (Å²) in [6.07, 6.45) is -3.08. The van der Waals surface area contributed by atoms with Crippen LogP contribution in [0.2, 0.25) is 0 Å². The summed E-state index contributed by atoms with van der Waals surface area (Å²) >= 11 is 0. The van der Waals surface area contributed by atoms with Crippen molar-refractivity contribution >= 4 is 5.82 Å². The molecule has 1 aliphatic heterocycles. The van der Waals surface area contributed by atoms with Crippen LogP contribution < -0.4 is 11.4 Å². The molecule has 2 heterocycles. The minimum Gasteiger partial charge on any atom is -0.396 e. The van der Waals surface area contributed by atoms with Crippen LogP contribution in [0.5, 0.6) is 0 Å². The lowest BCUT2D eigenvalue weighted by Gasteiger charge is -2.29. The standard InChI is InChI=1S/C15H21N3O5/c1-4-5-15(22)10(7-19)12(9(3)20)23-13(15)18-8(2)6-11(16)17-14(18)21/h6,9-10,12-13,19-20,22H,7H2,1-3H3,(H2,16,17,21)/t9-,10?,12-,13-,15?/m1/s1. The molecule has 8 heteroatoms. The largest absolute Gasteiger partial charge is 0.396 e. The Balaban J connectivity index is 2.64. The Morgan fingerprint density at radius 3 is 2.74 bits per heavy atom. The third-order valence-corrected chi connectivity index (χ3v) is 4.02. The Morgan fingerprint density at radius 2 is 2.26 bits per heavy atom. The average molecular weight is 323 g/mol. The molecule has 5 atom stereocenters. The summed E-state index contributed by atoms with van der Waals surface area (Å²) in [6.45, 7) is 4.15. The van der Waals surface area contributed by atoms with Gasteiger partial charge in [-0.15, -0.1) is 5.92 Å². The molecule has 23 heavy (non-hydrogen) atoms. The number of ether oxygens (including phenoxy) is 1. The van der Waals surface area contributed by atoms with Crippen molar-refractivity contribution in [1.82, 2.24) is 9.55 Å². The number of nitrogens with zero attached hydrogens (tertiary/aromatic N) is 2. The summed E-state index contributed by atoms with van der Waals surface area (Å²) < 4.78 is 6.83. The third kappa shape index (κ3) is 2.84. The van der Waals surface area contributed by atoms with Gasteiger partial charge in [-0.05, 0) is 26.8 Å². The Labute approximate surface area is 133 Å². The molecule has 1 fully saturated rings. The maximum Gasteiger partial charge on any atom is 0.351 e. The Bertz CT molecular complexity index is 705. The molecule has 0 amide bonds. The maximum absolute atomic E-state index is 12.2. The van der Waals surface area contributed by atoms with Crippen molar-refractivity contribution in [1.29, 1.82) is 0 Å². The van der Waals surface area contributed by atoms with Crippen molar-refractivity contribution in [3.63, 3.8) is 0 Å². The quantitative estimate of drug-likeness (QED) is 0.513. The van der Waals surface area contributed by atoms with Crippen LogP contribution in [0.25, 0.3) is 0 Å².